The van der Waals surface area contributed by atoms with E-state index in [4.69, 9.17) is 9.47 Å². The summed E-state index contributed by atoms with van der Waals surface area (Å²) in [6.07, 6.45) is 1.93. The normalized spacial score (nSPS) is 12.8. The van der Waals surface area contributed by atoms with Gasteiger partial charge in [0.05, 0.1) is 18.6 Å². The molecule has 2 N–H and O–H groups in total. The fourth-order valence-corrected chi connectivity index (χ4v) is 4.25. The van der Waals surface area contributed by atoms with Crippen molar-refractivity contribution < 1.29 is 22.7 Å². The summed E-state index contributed by atoms with van der Waals surface area (Å²) in [5.74, 6) is 0.298. The van der Waals surface area contributed by atoms with Gasteiger partial charge in [-0.3, -0.25) is 4.79 Å². The molecule has 0 radical (unpaired) electrons. The van der Waals surface area contributed by atoms with Crippen molar-refractivity contribution in [1.82, 2.24) is 9.71 Å². The molecule has 1 heterocycles. The third kappa shape index (κ3) is 5.20. The van der Waals surface area contributed by atoms with Gasteiger partial charge in [0, 0.05) is 23.5 Å². The summed E-state index contributed by atoms with van der Waals surface area (Å²) in [4.78, 5) is 15.5. The predicted octanol–water partition coefficient (Wildman–Crippen LogP) is 3.27. The standard InChI is InChI=1S/C22H26N2O5S/c1-15(2)14-29-17-8-10-18(11-9-17)30(26,27)24-21(22(25)28-3)12-16-13-23-20-7-5-4-6-19(16)20/h4-11,13,15,21,23-24H,12,14H2,1-3H3. The molecular formula is C22H26N2O5S. The maximum atomic E-state index is 12.9. The van der Waals surface area contributed by atoms with Crippen molar-refractivity contribution in [3.63, 3.8) is 0 Å². The van der Waals surface area contributed by atoms with Crippen LogP contribution in [0, 0.1) is 5.92 Å². The summed E-state index contributed by atoms with van der Waals surface area (Å²) in [6.45, 7) is 4.60. The molecule has 1 unspecified atom stereocenters. The molecule has 1 aromatic heterocycles. The maximum absolute atomic E-state index is 12.9. The topological polar surface area (TPSA) is 97.5 Å². The number of esters is 1. The van der Waals surface area contributed by atoms with Crippen LogP contribution in [0.25, 0.3) is 10.9 Å². The van der Waals surface area contributed by atoms with Gasteiger partial charge in [-0.15, -0.1) is 0 Å². The smallest absolute Gasteiger partial charge is 0.324 e. The number of benzene rings is 2. The van der Waals surface area contributed by atoms with Gasteiger partial charge in [-0.2, -0.15) is 4.72 Å². The molecule has 1 atom stereocenters. The number of nitrogens with one attached hydrogen (secondary N) is 2. The average Bonchev–Trinajstić information content (AvgIpc) is 3.14. The van der Waals surface area contributed by atoms with E-state index in [9.17, 15) is 13.2 Å². The molecule has 3 rings (SSSR count). The van der Waals surface area contributed by atoms with Crippen molar-refractivity contribution in [2.24, 2.45) is 5.92 Å². The Balaban J connectivity index is 1.79. The van der Waals surface area contributed by atoms with E-state index in [-0.39, 0.29) is 11.3 Å². The highest BCUT2D eigenvalue weighted by atomic mass is 32.2. The summed E-state index contributed by atoms with van der Waals surface area (Å²) in [5, 5.41) is 0.928. The van der Waals surface area contributed by atoms with Gasteiger partial charge in [-0.25, -0.2) is 8.42 Å². The third-order valence-electron chi connectivity index (χ3n) is 4.60. The van der Waals surface area contributed by atoms with E-state index in [2.05, 4.69) is 9.71 Å². The number of carbonyl (C=O) groups is 1. The molecule has 0 aliphatic carbocycles. The largest absolute Gasteiger partial charge is 0.493 e. The molecule has 2 aromatic carbocycles. The molecule has 0 amide bonds. The molecule has 7 nitrogen and oxygen atoms in total. The van der Waals surface area contributed by atoms with Crippen molar-refractivity contribution in [3.05, 3.63) is 60.3 Å². The van der Waals surface area contributed by atoms with Crippen LogP contribution in [0.1, 0.15) is 19.4 Å². The van der Waals surface area contributed by atoms with Crippen LogP contribution >= 0.6 is 0 Å². The van der Waals surface area contributed by atoms with Gasteiger partial charge < -0.3 is 14.5 Å². The van der Waals surface area contributed by atoms with Crippen LogP contribution in [0.5, 0.6) is 5.75 Å². The zero-order valence-corrected chi connectivity index (χ0v) is 18.0. The van der Waals surface area contributed by atoms with Gasteiger partial charge in [0.1, 0.15) is 11.8 Å². The van der Waals surface area contributed by atoms with E-state index in [0.717, 1.165) is 16.5 Å². The molecule has 0 fully saturated rings. The highest BCUT2D eigenvalue weighted by Gasteiger charge is 2.27. The monoisotopic (exact) mass is 430 g/mol. The van der Waals surface area contributed by atoms with Gasteiger partial charge in [0.15, 0.2) is 0 Å². The summed E-state index contributed by atoms with van der Waals surface area (Å²) >= 11 is 0. The van der Waals surface area contributed by atoms with Crippen LogP contribution < -0.4 is 9.46 Å². The summed E-state index contributed by atoms with van der Waals surface area (Å²) in [5.41, 5.74) is 1.73. The predicted molar refractivity (Wildman–Crippen MR) is 115 cm³/mol. The lowest BCUT2D eigenvalue weighted by molar-refractivity contribution is -0.142. The van der Waals surface area contributed by atoms with E-state index in [0.29, 0.717) is 18.3 Å². The number of hydrogen-bond acceptors (Lipinski definition) is 5. The van der Waals surface area contributed by atoms with Crippen molar-refractivity contribution in [2.75, 3.05) is 13.7 Å². The number of sulfonamides is 1. The Bertz CT molecular complexity index is 1100. The highest BCUT2D eigenvalue weighted by Crippen LogP contribution is 2.21. The first-order valence-electron chi connectivity index (χ1n) is 9.68. The fraction of sp³-hybridized carbons (Fsp3) is 0.318. The van der Waals surface area contributed by atoms with Crippen LogP contribution in [0.4, 0.5) is 0 Å². The number of carbonyl (C=O) groups excluding carboxylic acids is 1. The van der Waals surface area contributed by atoms with Crippen LogP contribution in [-0.2, 0) is 26.0 Å². The number of rotatable bonds is 9. The van der Waals surface area contributed by atoms with Gasteiger partial charge in [-0.1, -0.05) is 32.0 Å². The summed E-state index contributed by atoms with van der Waals surface area (Å²) < 4.78 is 38.6. The molecule has 8 heteroatoms. The Kier molecular flexibility index (Phi) is 6.79. The number of aromatic nitrogens is 1. The van der Waals surface area contributed by atoms with Gasteiger partial charge in [-0.05, 0) is 41.8 Å². The first-order valence-corrected chi connectivity index (χ1v) is 11.2. The number of ether oxygens (including phenoxy) is 2. The molecule has 0 saturated heterocycles. The van der Waals surface area contributed by atoms with Gasteiger partial charge in [0.25, 0.3) is 0 Å². The number of fused-ring (bicyclic) bond motifs is 1. The van der Waals surface area contributed by atoms with E-state index in [1.807, 2.05) is 38.1 Å². The van der Waals surface area contributed by atoms with E-state index in [1.165, 1.54) is 19.2 Å². The minimum Gasteiger partial charge on any atom is -0.493 e. The minimum atomic E-state index is -3.94. The first kappa shape index (κ1) is 21.9. The lowest BCUT2D eigenvalue weighted by atomic mass is 10.1. The average molecular weight is 431 g/mol. The lowest BCUT2D eigenvalue weighted by Crippen LogP contribution is -2.42. The molecule has 0 bridgehead atoms. The SMILES string of the molecule is COC(=O)C(Cc1c[nH]c2ccccc12)NS(=O)(=O)c1ccc(OCC(C)C)cc1. The Morgan fingerprint density at radius 2 is 1.80 bits per heavy atom. The zero-order valence-electron chi connectivity index (χ0n) is 17.2. The van der Waals surface area contributed by atoms with Crippen LogP contribution in [0.2, 0.25) is 0 Å². The third-order valence-corrected chi connectivity index (χ3v) is 6.09. The van der Waals surface area contributed by atoms with Gasteiger partial charge >= 0.3 is 5.97 Å². The van der Waals surface area contributed by atoms with Crippen molar-refractivity contribution >= 4 is 26.9 Å². The second-order valence-corrected chi connectivity index (χ2v) is 9.15. The molecule has 0 spiro atoms. The molecule has 160 valence electrons. The maximum Gasteiger partial charge on any atom is 0.324 e. The number of aromatic amines is 1. The molecule has 3 aromatic rings. The van der Waals surface area contributed by atoms with E-state index in [1.54, 1.807) is 18.3 Å². The Hall–Kier alpha value is -2.84. The summed E-state index contributed by atoms with van der Waals surface area (Å²) in [7, 11) is -2.70. The Morgan fingerprint density at radius 1 is 1.10 bits per heavy atom. The first-order chi connectivity index (χ1) is 14.3. The fourth-order valence-electron chi connectivity index (χ4n) is 3.07. The van der Waals surface area contributed by atoms with Crippen molar-refractivity contribution in [1.29, 1.82) is 0 Å². The molecular weight excluding hydrogens is 404 g/mol. The summed E-state index contributed by atoms with van der Waals surface area (Å²) in [6, 6.07) is 12.7. The second-order valence-electron chi connectivity index (χ2n) is 7.44. The number of hydrogen-bond donors (Lipinski definition) is 2. The van der Waals surface area contributed by atoms with E-state index < -0.39 is 22.0 Å². The number of para-hydroxylation sites is 1. The minimum absolute atomic E-state index is 0.0484. The van der Waals surface area contributed by atoms with E-state index >= 15 is 0 Å². The van der Waals surface area contributed by atoms with Crippen molar-refractivity contribution in [3.8, 4) is 5.75 Å². The molecule has 0 aliphatic heterocycles. The van der Waals surface area contributed by atoms with Gasteiger partial charge in [0.2, 0.25) is 10.0 Å². The Morgan fingerprint density at radius 3 is 2.47 bits per heavy atom. The van der Waals surface area contributed by atoms with Crippen molar-refractivity contribution in [2.45, 2.75) is 31.2 Å². The number of H-pyrrole nitrogens is 1. The number of methoxy groups -OCH3 is 1. The van der Waals surface area contributed by atoms with Crippen LogP contribution in [0.3, 0.4) is 0 Å². The second kappa shape index (κ2) is 9.32. The van der Waals surface area contributed by atoms with Crippen LogP contribution in [-0.4, -0.2) is 39.1 Å². The quantitative estimate of drug-likeness (QED) is 0.508. The molecule has 30 heavy (non-hydrogen) atoms. The molecule has 0 saturated carbocycles. The highest BCUT2D eigenvalue weighted by molar-refractivity contribution is 7.89. The zero-order chi connectivity index (χ0) is 21.7. The van der Waals surface area contributed by atoms with Crippen LogP contribution in [0.15, 0.2) is 59.6 Å². The lowest BCUT2D eigenvalue weighted by Gasteiger charge is -2.17. The Labute approximate surface area is 176 Å². The molecule has 0 aliphatic rings.